The van der Waals surface area contributed by atoms with Crippen molar-refractivity contribution in [3.05, 3.63) is 23.1 Å². The average molecular weight is 199 g/mol. The highest BCUT2D eigenvalue weighted by Gasteiger charge is 2.17. The summed E-state index contributed by atoms with van der Waals surface area (Å²) in [5.41, 5.74) is 5.33. The number of hydrogen-bond acceptors (Lipinski definition) is 4. The van der Waals surface area contributed by atoms with Crippen molar-refractivity contribution in [2.45, 2.75) is 24.3 Å². The number of allylic oxidation sites excluding steroid dienone is 3. The summed E-state index contributed by atoms with van der Waals surface area (Å²) in [6, 6.07) is 0. The van der Waals surface area contributed by atoms with Crippen molar-refractivity contribution in [1.82, 2.24) is 0 Å². The molecule has 0 bridgehead atoms. The molecule has 3 N–H and O–H groups in total. The quantitative estimate of drug-likeness (QED) is 0.508. The van der Waals surface area contributed by atoms with Crippen LogP contribution in [-0.2, 0) is 4.79 Å². The minimum atomic E-state index is -0.940. The zero-order chi connectivity index (χ0) is 9.68. The average Bonchev–Trinajstić information content (AvgIpc) is 2.56. The molecule has 3 nitrogen and oxygen atoms in total. The summed E-state index contributed by atoms with van der Waals surface area (Å²) in [6.45, 7) is 0. The van der Waals surface area contributed by atoms with Gasteiger partial charge in [-0.2, -0.15) is 0 Å². The maximum absolute atomic E-state index is 10.3. The summed E-state index contributed by atoms with van der Waals surface area (Å²) in [7, 11) is 0. The highest BCUT2D eigenvalue weighted by atomic mass is 32.2. The normalized spacial score (nSPS) is 19.7. The Kier molecular flexibility index (Phi) is 4.21. The van der Waals surface area contributed by atoms with Gasteiger partial charge in [0.2, 0.25) is 0 Å². The topological polar surface area (TPSA) is 63.3 Å². The van der Waals surface area contributed by atoms with Crippen LogP contribution in [0.2, 0.25) is 0 Å². The molecule has 13 heavy (non-hydrogen) atoms. The first kappa shape index (κ1) is 10.5. The van der Waals surface area contributed by atoms with Crippen LogP contribution in [-0.4, -0.2) is 22.9 Å². The summed E-state index contributed by atoms with van der Waals surface area (Å²) in [5, 5.41) is 8.92. The third kappa shape index (κ3) is 3.34. The third-order valence-corrected chi connectivity index (χ3v) is 3.08. The molecule has 0 saturated carbocycles. The van der Waals surface area contributed by atoms with Gasteiger partial charge in [-0.05, 0) is 6.42 Å². The van der Waals surface area contributed by atoms with Gasteiger partial charge in [0.25, 0.3) is 0 Å². The Bertz CT molecular complexity index is 236. The number of aliphatic hydroxyl groups is 1. The molecule has 0 aromatic rings. The molecule has 1 aliphatic carbocycles. The Balaban J connectivity index is 2.46. The van der Waals surface area contributed by atoms with Gasteiger partial charge in [-0.25, -0.2) is 0 Å². The van der Waals surface area contributed by atoms with Crippen molar-refractivity contribution in [2.24, 2.45) is 5.73 Å². The van der Waals surface area contributed by atoms with Gasteiger partial charge in [0.1, 0.15) is 12.5 Å². The highest BCUT2D eigenvalue weighted by molar-refractivity contribution is 8.03. The number of thioether (sulfide) groups is 1. The second-order valence-corrected chi connectivity index (χ2v) is 4.11. The SMILES string of the molecule is NC(O)C(CC=O)SC1=CCC=C1. The third-order valence-electron chi connectivity index (χ3n) is 1.73. The van der Waals surface area contributed by atoms with Crippen molar-refractivity contribution in [3.63, 3.8) is 0 Å². The maximum Gasteiger partial charge on any atom is 0.121 e. The number of nitrogens with two attached hydrogens (primary N) is 1. The van der Waals surface area contributed by atoms with Gasteiger partial charge < -0.3 is 15.6 Å². The lowest BCUT2D eigenvalue weighted by atomic mass is 10.3. The van der Waals surface area contributed by atoms with Crippen molar-refractivity contribution in [2.75, 3.05) is 0 Å². The van der Waals surface area contributed by atoms with E-state index in [2.05, 4.69) is 0 Å². The van der Waals surface area contributed by atoms with Crippen LogP contribution in [0.1, 0.15) is 12.8 Å². The van der Waals surface area contributed by atoms with Gasteiger partial charge in [0, 0.05) is 11.3 Å². The molecule has 1 aliphatic rings. The standard InChI is InChI=1S/C9H13NO2S/c10-9(12)8(5-6-11)13-7-3-1-2-4-7/h1,3-4,6,8-9,12H,2,5,10H2. The Morgan fingerprint density at radius 2 is 2.54 bits per heavy atom. The summed E-state index contributed by atoms with van der Waals surface area (Å²) in [6.07, 6.45) is 7.11. The predicted molar refractivity (Wildman–Crippen MR) is 54.1 cm³/mol. The van der Waals surface area contributed by atoms with Gasteiger partial charge in [-0.3, -0.25) is 0 Å². The van der Waals surface area contributed by atoms with E-state index in [1.54, 1.807) is 0 Å². The van der Waals surface area contributed by atoms with Crippen LogP contribution in [0.4, 0.5) is 0 Å². The van der Waals surface area contributed by atoms with E-state index in [0.717, 1.165) is 17.6 Å². The summed E-state index contributed by atoms with van der Waals surface area (Å²) >= 11 is 1.45. The van der Waals surface area contributed by atoms with Gasteiger partial charge in [0.05, 0.1) is 5.25 Å². The Hall–Kier alpha value is -0.580. The van der Waals surface area contributed by atoms with Crippen molar-refractivity contribution >= 4 is 18.0 Å². The van der Waals surface area contributed by atoms with Crippen LogP contribution in [0, 0.1) is 0 Å². The molecule has 0 spiro atoms. The molecule has 1 rings (SSSR count). The fraction of sp³-hybridized carbons (Fsp3) is 0.444. The van der Waals surface area contributed by atoms with Crippen LogP contribution in [0.15, 0.2) is 23.1 Å². The van der Waals surface area contributed by atoms with E-state index < -0.39 is 6.23 Å². The molecule has 0 fully saturated rings. The first-order valence-electron chi connectivity index (χ1n) is 4.14. The summed E-state index contributed by atoms with van der Waals surface area (Å²) in [4.78, 5) is 11.4. The molecular formula is C9H13NO2S. The molecule has 2 atom stereocenters. The van der Waals surface area contributed by atoms with Gasteiger partial charge in [0.15, 0.2) is 0 Å². The van der Waals surface area contributed by atoms with Crippen LogP contribution < -0.4 is 5.73 Å². The molecule has 0 aliphatic heterocycles. The van der Waals surface area contributed by atoms with Crippen molar-refractivity contribution < 1.29 is 9.90 Å². The lowest BCUT2D eigenvalue weighted by Crippen LogP contribution is -2.32. The summed E-state index contributed by atoms with van der Waals surface area (Å²) < 4.78 is 0. The van der Waals surface area contributed by atoms with E-state index in [4.69, 9.17) is 10.8 Å². The molecule has 0 heterocycles. The second kappa shape index (κ2) is 5.21. The first-order chi connectivity index (χ1) is 6.24. The largest absolute Gasteiger partial charge is 0.378 e. The van der Waals surface area contributed by atoms with Crippen LogP contribution in [0.25, 0.3) is 0 Å². The van der Waals surface area contributed by atoms with Gasteiger partial charge >= 0.3 is 0 Å². The van der Waals surface area contributed by atoms with Crippen LogP contribution >= 0.6 is 11.8 Å². The molecule has 2 unspecified atom stereocenters. The maximum atomic E-state index is 10.3. The molecule has 0 radical (unpaired) electrons. The van der Waals surface area contributed by atoms with E-state index in [9.17, 15) is 4.79 Å². The fourth-order valence-electron chi connectivity index (χ4n) is 1.05. The minimum absolute atomic E-state index is 0.230. The van der Waals surface area contributed by atoms with Gasteiger partial charge in [-0.15, -0.1) is 11.8 Å². The van der Waals surface area contributed by atoms with Gasteiger partial charge in [-0.1, -0.05) is 18.2 Å². The molecule has 0 saturated heterocycles. The molecule has 4 heteroatoms. The molecule has 0 aromatic heterocycles. The highest BCUT2D eigenvalue weighted by Crippen LogP contribution is 2.29. The van der Waals surface area contributed by atoms with E-state index in [-0.39, 0.29) is 11.7 Å². The number of carbonyl (C=O) groups is 1. The number of rotatable bonds is 5. The number of hydrogen-bond donors (Lipinski definition) is 2. The van der Waals surface area contributed by atoms with Crippen molar-refractivity contribution in [3.8, 4) is 0 Å². The first-order valence-corrected chi connectivity index (χ1v) is 5.02. The van der Waals surface area contributed by atoms with E-state index in [0.29, 0.717) is 0 Å². The minimum Gasteiger partial charge on any atom is -0.378 e. The van der Waals surface area contributed by atoms with E-state index >= 15 is 0 Å². The Morgan fingerprint density at radius 3 is 3.00 bits per heavy atom. The number of aliphatic hydroxyl groups excluding tert-OH is 1. The molecule has 0 amide bonds. The summed E-state index contributed by atoms with van der Waals surface area (Å²) in [5.74, 6) is 0. The zero-order valence-electron chi connectivity index (χ0n) is 7.22. The zero-order valence-corrected chi connectivity index (χ0v) is 8.04. The number of aldehydes is 1. The smallest absolute Gasteiger partial charge is 0.121 e. The molecule has 72 valence electrons. The molecule has 0 aromatic carbocycles. The lowest BCUT2D eigenvalue weighted by molar-refractivity contribution is -0.108. The Labute approximate surface area is 81.7 Å². The van der Waals surface area contributed by atoms with Crippen molar-refractivity contribution in [1.29, 1.82) is 0 Å². The lowest BCUT2D eigenvalue weighted by Gasteiger charge is -2.16. The molecular weight excluding hydrogens is 186 g/mol. The van der Waals surface area contributed by atoms with E-state index in [1.807, 2.05) is 18.2 Å². The number of carbonyl (C=O) groups excluding carboxylic acids is 1. The predicted octanol–water partition coefficient (Wildman–Crippen LogP) is 0.798. The second-order valence-electron chi connectivity index (χ2n) is 2.79. The monoisotopic (exact) mass is 199 g/mol. The van der Waals surface area contributed by atoms with Crippen LogP contribution in [0.3, 0.4) is 0 Å². The fourth-order valence-corrected chi connectivity index (χ4v) is 2.08. The Morgan fingerprint density at radius 1 is 1.77 bits per heavy atom. The van der Waals surface area contributed by atoms with E-state index in [1.165, 1.54) is 11.8 Å². The van der Waals surface area contributed by atoms with Crippen LogP contribution in [0.5, 0.6) is 0 Å².